The highest BCUT2D eigenvalue weighted by Crippen LogP contribution is 2.38. The van der Waals surface area contributed by atoms with Gasteiger partial charge in [0, 0.05) is 22.1 Å². The van der Waals surface area contributed by atoms with Gasteiger partial charge in [0.25, 0.3) is 0 Å². The maximum Gasteiger partial charge on any atom is 0.304 e. The van der Waals surface area contributed by atoms with Crippen LogP contribution in [0.4, 0.5) is 0 Å². The number of hydrogen-bond acceptors (Lipinski definition) is 5. The summed E-state index contributed by atoms with van der Waals surface area (Å²) in [4.78, 5) is 11.2. The van der Waals surface area contributed by atoms with Gasteiger partial charge in [-0.2, -0.15) is 0 Å². The zero-order chi connectivity index (χ0) is 26.5. The third-order valence-electron chi connectivity index (χ3n) is 6.71. The summed E-state index contributed by atoms with van der Waals surface area (Å²) >= 11 is 1.73. The van der Waals surface area contributed by atoms with Gasteiger partial charge in [-0.3, -0.25) is 4.79 Å². The first kappa shape index (κ1) is 25.8. The van der Waals surface area contributed by atoms with Crippen LogP contribution in [0.5, 0.6) is 11.5 Å². The number of rotatable bonds is 9. The molecule has 1 aliphatic rings. The summed E-state index contributed by atoms with van der Waals surface area (Å²) in [5.74, 6) is 6.35. The smallest absolute Gasteiger partial charge is 0.304 e. The van der Waals surface area contributed by atoms with Gasteiger partial charge in [-0.1, -0.05) is 36.3 Å². The number of carboxylic acid groups (broad SMARTS) is 1. The Morgan fingerprint density at radius 1 is 1.11 bits per heavy atom. The van der Waals surface area contributed by atoms with Crippen LogP contribution in [0.15, 0.2) is 66.0 Å². The summed E-state index contributed by atoms with van der Waals surface area (Å²) in [5, 5.41) is 12.5. The van der Waals surface area contributed by atoms with Crippen LogP contribution in [-0.2, 0) is 16.1 Å². The maximum absolute atomic E-state index is 11.2. The molecule has 6 heteroatoms. The fourth-order valence-electron chi connectivity index (χ4n) is 4.73. The third kappa shape index (κ3) is 6.02. The Kier molecular flexibility index (Phi) is 7.97. The second kappa shape index (κ2) is 11.7. The van der Waals surface area contributed by atoms with Crippen molar-refractivity contribution in [1.29, 1.82) is 0 Å². The fraction of sp³-hybridized carbons (Fsp3) is 0.281. The van der Waals surface area contributed by atoms with E-state index in [1.807, 2.05) is 36.4 Å². The van der Waals surface area contributed by atoms with E-state index in [1.54, 1.807) is 18.3 Å². The minimum atomic E-state index is -0.855. The molecule has 1 fully saturated rings. The van der Waals surface area contributed by atoms with Gasteiger partial charge >= 0.3 is 5.97 Å². The highest BCUT2D eigenvalue weighted by Gasteiger charge is 2.18. The van der Waals surface area contributed by atoms with Crippen LogP contribution in [0.2, 0.25) is 0 Å². The van der Waals surface area contributed by atoms with E-state index < -0.39 is 5.97 Å². The van der Waals surface area contributed by atoms with E-state index in [4.69, 9.17) is 14.2 Å². The molecule has 38 heavy (non-hydrogen) atoms. The van der Waals surface area contributed by atoms with Crippen molar-refractivity contribution in [3.05, 3.63) is 82.7 Å². The van der Waals surface area contributed by atoms with Crippen molar-refractivity contribution in [3.63, 3.8) is 0 Å². The van der Waals surface area contributed by atoms with Crippen LogP contribution >= 0.6 is 11.3 Å². The Bertz CT molecular complexity index is 1490. The molecule has 0 bridgehead atoms. The predicted octanol–water partition coefficient (Wildman–Crippen LogP) is 7.21. The van der Waals surface area contributed by atoms with Crippen molar-refractivity contribution in [2.24, 2.45) is 0 Å². The van der Waals surface area contributed by atoms with Gasteiger partial charge < -0.3 is 19.3 Å². The van der Waals surface area contributed by atoms with Gasteiger partial charge in [0.15, 0.2) is 0 Å². The number of carboxylic acids is 1. The molecule has 1 aliphatic heterocycles. The average molecular weight is 527 g/mol. The largest absolute Gasteiger partial charge is 0.489 e. The number of carbonyl (C=O) groups is 1. The standard InChI is InChI=1S/C32H30O5S/c1-3-4-24(16-32(33)34)23-7-5-22(6-8-23)18-36-25-10-12-31-29(17-25)30(20-38-31)28-11-9-26(15-21(28)2)37-27-13-14-35-19-27/h5-12,15,17,20,24,27H,13-14,16,18-19H2,1-2H3,(H,33,34)/t24-,27?/m0/s1. The van der Waals surface area contributed by atoms with Crippen LogP contribution in [0.3, 0.4) is 0 Å². The Morgan fingerprint density at radius 2 is 1.92 bits per heavy atom. The van der Waals surface area contributed by atoms with E-state index in [0.29, 0.717) is 13.2 Å². The SMILES string of the molecule is CC#C[C@@H](CC(=O)O)c1ccc(COc2ccc3scc(-c4ccc(OC5CCOC5)cc4C)c3c2)cc1. The Hall–Kier alpha value is -3.79. The molecule has 0 amide bonds. The van der Waals surface area contributed by atoms with Gasteiger partial charge in [-0.25, -0.2) is 0 Å². The molecule has 4 aromatic rings. The van der Waals surface area contributed by atoms with Crippen molar-refractivity contribution in [1.82, 2.24) is 0 Å². The third-order valence-corrected chi connectivity index (χ3v) is 7.67. The average Bonchev–Trinajstić information content (AvgIpc) is 3.57. The summed E-state index contributed by atoms with van der Waals surface area (Å²) in [6.45, 7) is 5.68. The number of aliphatic carboxylic acids is 1. The molecule has 194 valence electrons. The first-order chi connectivity index (χ1) is 18.5. The summed E-state index contributed by atoms with van der Waals surface area (Å²) in [7, 11) is 0. The maximum atomic E-state index is 11.2. The minimum Gasteiger partial charge on any atom is -0.489 e. The van der Waals surface area contributed by atoms with Gasteiger partial charge in [0.2, 0.25) is 0 Å². The second-order valence-electron chi connectivity index (χ2n) is 9.46. The number of aryl methyl sites for hydroxylation is 1. The van der Waals surface area contributed by atoms with Gasteiger partial charge in [0.05, 0.1) is 25.6 Å². The quantitative estimate of drug-likeness (QED) is 0.234. The summed E-state index contributed by atoms with van der Waals surface area (Å²) in [5.41, 5.74) is 5.45. The van der Waals surface area contributed by atoms with Crippen LogP contribution in [0.25, 0.3) is 21.2 Å². The number of fused-ring (bicyclic) bond motifs is 1. The molecule has 0 saturated carbocycles. The van der Waals surface area contributed by atoms with Crippen molar-refractivity contribution in [3.8, 4) is 34.5 Å². The van der Waals surface area contributed by atoms with Crippen LogP contribution in [0.1, 0.15) is 42.4 Å². The van der Waals surface area contributed by atoms with Crippen LogP contribution in [0, 0.1) is 18.8 Å². The van der Waals surface area contributed by atoms with E-state index in [9.17, 15) is 9.90 Å². The number of benzene rings is 3. The Balaban J connectivity index is 1.30. The van der Waals surface area contributed by atoms with Crippen molar-refractivity contribution < 1.29 is 24.1 Å². The van der Waals surface area contributed by atoms with Gasteiger partial charge in [-0.15, -0.1) is 17.3 Å². The van der Waals surface area contributed by atoms with Crippen LogP contribution in [-0.4, -0.2) is 30.4 Å². The van der Waals surface area contributed by atoms with Gasteiger partial charge in [-0.05, 0) is 71.8 Å². The van der Waals surface area contributed by atoms with E-state index >= 15 is 0 Å². The summed E-state index contributed by atoms with van der Waals surface area (Å²) in [6.07, 6.45) is 1.06. The molecule has 0 spiro atoms. The van der Waals surface area contributed by atoms with E-state index in [-0.39, 0.29) is 18.4 Å². The molecule has 5 rings (SSSR count). The first-order valence-corrected chi connectivity index (χ1v) is 13.6. The molecule has 1 saturated heterocycles. The normalized spacial score (nSPS) is 15.6. The molecule has 1 N–H and O–H groups in total. The molecule has 5 nitrogen and oxygen atoms in total. The van der Waals surface area contributed by atoms with E-state index in [0.717, 1.165) is 35.7 Å². The fourth-order valence-corrected chi connectivity index (χ4v) is 5.67. The predicted molar refractivity (Wildman–Crippen MR) is 151 cm³/mol. The molecular formula is C32H30O5S. The van der Waals surface area contributed by atoms with Crippen LogP contribution < -0.4 is 9.47 Å². The summed E-state index contributed by atoms with van der Waals surface area (Å²) < 4.78 is 18.9. The number of thiophene rings is 1. The molecule has 1 aromatic heterocycles. The molecule has 2 heterocycles. The highest BCUT2D eigenvalue weighted by atomic mass is 32.1. The lowest BCUT2D eigenvalue weighted by Crippen LogP contribution is -2.15. The lowest BCUT2D eigenvalue weighted by Gasteiger charge is -2.14. The van der Waals surface area contributed by atoms with Crippen molar-refractivity contribution in [2.75, 3.05) is 13.2 Å². The molecule has 3 aromatic carbocycles. The highest BCUT2D eigenvalue weighted by molar-refractivity contribution is 7.17. The van der Waals surface area contributed by atoms with Crippen molar-refractivity contribution in [2.45, 2.75) is 45.3 Å². The lowest BCUT2D eigenvalue weighted by atomic mass is 9.95. The van der Waals surface area contributed by atoms with E-state index in [1.165, 1.54) is 26.8 Å². The van der Waals surface area contributed by atoms with Gasteiger partial charge in [0.1, 0.15) is 24.2 Å². The van der Waals surface area contributed by atoms with E-state index in [2.05, 4.69) is 48.4 Å². The number of ether oxygens (including phenoxy) is 3. The molecular weight excluding hydrogens is 496 g/mol. The zero-order valence-electron chi connectivity index (χ0n) is 21.5. The lowest BCUT2D eigenvalue weighted by molar-refractivity contribution is -0.137. The Labute approximate surface area is 227 Å². The molecule has 0 radical (unpaired) electrons. The Morgan fingerprint density at radius 3 is 2.63 bits per heavy atom. The molecule has 0 aliphatic carbocycles. The first-order valence-electron chi connectivity index (χ1n) is 12.7. The van der Waals surface area contributed by atoms with Crippen molar-refractivity contribution >= 4 is 27.4 Å². The number of hydrogen-bond donors (Lipinski definition) is 1. The monoisotopic (exact) mass is 526 g/mol. The topological polar surface area (TPSA) is 65.0 Å². The summed E-state index contributed by atoms with van der Waals surface area (Å²) in [6, 6.07) is 20.3. The zero-order valence-corrected chi connectivity index (χ0v) is 22.3. The second-order valence-corrected chi connectivity index (χ2v) is 10.4. The molecule has 2 atom stereocenters. The minimum absolute atomic E-state index is 0.00954. The molecule has 1 unspecified atom stereocenters.